The Balaban J connectivity index is 1.92. The maximum absolute atomic E-state index is 6.06. The van der Waals surface area contributed by atoms with Gasteiger partial charge in [-0.15, -0.1) is 0 Å². The number of rotatable bonds is 6. The molecule has 1 saturated heterocycles. The SMILES string of the molecule is CNC(CCc1ccc(OC)cc1)C1(C)CCCCO1. The molecule has 0 bridgehead atoms. The fourth-order valence-corrected chi connectivity index (χ4v) is 3.09. The Morgan fingerprint density at radius 2 is 2.05 bits per heavy atom. The minimum Gasteiger partial charge on any atom is -0.497 e. The minimum absolute atomic E-state index is 0.0144. The van der Waals surface area contributed by atoms with Gasteiger partial charge in [-0.2, -0.15) is 0 Å². The zero-order valence-electron chi connectivity index (χ0n) is 12.9. The zero-order valence-corrected chi connectivity index (χ0v) is 12.9. The molecule has 2 rings (SSSR count). The van der Waals surface area contributed by atoms with Crippen LogP contribution in [0.4, 0.5) is 0 Å². The van der Waals surface area contributed by atoms with Gasteiger partial charge < -0.3 is 14.8 Å². The second-order valence-electron chi connectivity index (χ2n) is 5.85. The molecule has 1 aliphatic rings. The first-order chi connectivity index (χ1) is 9.68. The summed E-state index contributed by atoms with van der Waals surface area (Å²) in [7, 11) is 3.75. The van der Waals surface area contributed by atoms with E-state index in [0.717, 1.165) is 31.6 Å². The number of likely N-dealkylation sites (N-methyl/N-ethyl adjacent to an activating group) is 1. The van der Waals surface area contributed by atoms with Crippen molar-refractivity contribution in [3.63, 3.8) is 0 Å². The van der Waals surface area contributed by atoms with Gasteiger partial charge in [-0.3, -0.25) is 0 Å². The molecule has 3 heteroatoms. The van der Waals surface area contributed by atoms with Crippen LogP contribution in [0.2, 0.25) is 0 Å². The van der Waals surface area contributed by atoms with Crippen LogP contribution in [0.3, 0.4) is 0 Å². The van der Waals surface area contributed by atoms with E-state index in [4.69, 9.17) is 9.47 Å². The Morgan fingerprint density at radius 1 is 1.30 bits per heavy atom. The monoisotopic (exact) mass is 277 g/mol. The van der Waals surface area contributed by atoms with Crippen molar-refractivity contribution in [1.82, 2.24) is 5.32 Å². The van der Waals surface area contributed by atoms with Crippen LogP contribution in [0, 0.1) is 0 Å². The first-order valence-electron chi connectivity index (χ1n) is 7.62. The van der Waals surface area contributed by atoms with Crippen LogP contribution in [-0.4, -0.2) is 32.4 Å². The molecule has 2 unspecified atom stereocenters. The van der Waals surface area contributed by atoms with Crippen LogP contribution in [0.5, 0.6) is 5.75 Å². The minimum atomic E-state index is -0.0144. The fourth-order valence-electron chi connectivity index (χ4n) is 3.09. The van der Waals surface area contributed by atoms with Crippen molar-refractivity contribution in [3.05, 3.63) is 29.8 Å². The van der Waals surface area contributed by atoms with Crippen molar-refractivity contribution in [1.29, 1.82) is 0 Å². The normalized spacial score (nSPS) is 24.4. The second-order valence-corrected chi connectivity index (χ2v) is 5.85. The van der Waals surface area contributed by atoms with Gasteiger partial charge in [0.05, 0.1) is 12.7 Å². The third-order valence-electron chi connectivity index (χ3n) is 4.47. The van der Waals surface area contributed by atoms with Crippen molar-refractivity contribution in [2.24, 2.45) is 0 Å². The molecule has 1 aromatic carbocycles. The number of aryl methyl sites for hydroxylation is 1. The van der Waals surface area contributed by atoms with Gasteiger partial charge in [0.1, 0.15) is 5.75 Å². The largest absolute Gasteiger partial charge is 0.497 e. The standard InChI is InChI=1S/C17H27NO2/c1-17(12-4-5-13-20-17)16(18-2)11-8-14-6-9-15(19-3)10-7-14/h6-7,9-10,16,18H,4-5,8,11-13H2,1-3H3. The lowest BCUT2D eigenvalue weighted by Gasteiger charge is -2.40. The second kappa shape index (κ2) is 7.09. The number of hydrogen-bond acceptors (Lipinski definition) is 3. The van der Waals surface area contributed by atoms with E-state index in [-0.39, 0.29) is 5.60 Å². The van der Waals surface area contributed by atoms with Gasteiger partial charge in [0, 0.05) is 12.6 Å². The van der Waals surface area contributed by atoms with Gasteiger partial charge in [-0.25, -0.2) is 0 Å². The van der Waals surface area contributed by atoms with Crippen molar-refractivity contribution in [2.75, 3.05) is 20.8 Å². The Morgan fingerprint density at radius 3 is 2.60 bits per heavy atom. The summed E-state index contributed by atoms with van der Waals surface area (Å²) in [6.07, 6.45) is 5.79. The van der Waals surface area contributed by atoms with Crippen LogP contribution in [0.15, 0.2) is 24.3 Å². The molecule has 20 heavy (non-hydrogen) atoms. The van der Waals surface area contributed by atoms with Gasteiger partial charge in [0.15, 0.2) is 0 Å². The molecule has 0 spiro atoms. The molecular weight excluding hydrogens is 250 g/mol. The van der Waals surface area contributed by atoms with Gasteiger partial charge in [-0.1, -0.05) is 12.1 Å². The Hall–Kier alpha value is -1.06. The molecule has 0 amide bonds. The quantitative estimate of drug-likeness (QED) is 0.866. The van der Waals surface area contributed by atoms with Gasteiger partial charge >= 0.3 is 0 Å². The van der Waals surface area contributed by atoms with Gasteiger partial charge in [0.25, 0.3) is 0 Å². The Labute approximate surface area is 122 Å². The highest BCUT2D eigenvalue weighted by Crippen LogP contribution is 2.30. The predicted molar refractivity (Wildman–Crippen MR) is 82.4 cm³/mol. The molecule has 1 N–H and O–H groups in total. The summed E-state index contributed by atoms with van der Waals surface area (Å²) < 4.78 is 11.3. The molecular formula is C17H27NO2. The van der Waals surface area contributed by atoms with Crippen LogP contribution in [0.1, 0.15) is 38.2 Å². The molecule has 3 nitrogen and oxygen atoms in total. The summed E-state index contributed by atoms with van der Waals surface area (Å²) in [6.45, 7) is 3.15. The Kier molecular flexibility index (Phi) is 5.44. The number of methoxy groups -OCH3 is 1. The maximum atomic E-state index is 6.06. The van der Waals surface area contributed by atoms with Crippen molar-refractivity contribution in [2.45, 2.75) is 50.7 Å². The Bertz CT molecular complexity index is 396. The topological polar surface area (TPSA) is 30.5 Å². The number of ether oxygens (including phenoxy) is 2. The highest BCUT2D eigenvalue weighted by atomic mass is 16.5. The van der Waals surface area contributed by atoms with Crippen LogP contribution >= 0.6 is 0 Å². The van der Waals surface area contributed by atoms with E-state index in [9.17, 15) is 0 Å². The third kappa shape index (κ3) is 3.74. The summed E-state index contributed by atoms with van der Waals surface area (Å²) >= 11 is 0. The summed E-state index contributed by atoms with van der Waals surface area (Å²) in [4.78, 5) is 0. The molecule has 0 aromatic heterocycles. The van der Waals surface area contributed by atoms with E-state index >= 15 is 0 Å². The number of nitrogens with one attached hydrogen (secondary N) is 1. The summed E-state index contributed by atoms with van der Waals surface area (Å²) in [5, 5.41) is 3.46. The van der Waals surface area contributed by atoms with E-state index in [2.05, 4.69) is 24.4 Å². The van der Waals surface area contributed by atoms with Crippen LogP contribution in [0.25, 0.3) is 0 Å². The summed E-state index contributed by atoms with van der Waals surface area (Å²) in [5.41, 5.74) is 1.34. The molecule has 1 heterocycles. The molecule has 0 radical (unpaired) electrons. The highest BCUT2D eigenvalue weighted by molar-refractivity contribution is 5.27. The maximum Gasteiger partial charge on any atom is 0.118 e. The zero-order chi connectivity index (χ0) is 14.4. The summed E-state index contributed by atoms with van der Waals surface area (Å²) in [6, 6.07) is 8.76. The molecule has 0 aliphatic carbocycles. The lowest BCUT2D eigenvalue weighted by atomic mass is 9.85. The molecule has 1 aliphatic heterocycles. The molecule has 2 atom stereocenters. The predicted octanol–water partition coefficient (Wildman–Crippen LogP) is 3.18. The van der Waals surface area contributed by atoms with Crippen molar-refractivity contribution >= 4 is 0 Å². The summed E-state index contributed by atoms with van der Waals surface area (Å²) in [5.74, 6) is 0.918. The molecule has 1 aromatic rings. The molecule has 1 fully saturated rings. The van der Waals surface area contributed by atoms with Crippen molar-refractivity contribution in [3.8, 4) is 5.75 Å². The van der Waals surface area contributed by atoms with E-state index in [1.165, 1.54) is 18.4 Å². The van der Waals surface area contributed by atoms with Crippen LogP contribution in [-0.2, 0) is 11.2 Å². The third-order valence-corrected chi connectivity index (χ3v) is 4.47. The fraction of sp³-hybridized carbons (Fsp3) is 0.647. The molecule has 0 saturated carbocycles. The van der Waals surface area contributed by atoms with Gasteiger partial charge in [-0.05, 0) is 63.8 Å². The number of hydrogen-bond donors (Lipinski definition) is 1. The van der Waals surface area contributed by atoms with E-state index < -0.39 is 0 Å². The van der Waals surface area contributed by atoms with E-state index in [1.807, 2.05) is 19.2 Å². The highest BCUT2D eigenvalue weighted by Gasteiger charge is 2.35. The number of benzene rings is 1. The average Bonchev–Trinajstić information content (AvgIpc) is 2.49. The first kappa shape index (κ1) is 15.3. The van der Waals surface area contributed by atoms with Gasteiger partial charge in [0.2, 0.25) is 0 Å². The first-order valence-corrected chi connectivity index (χ1v) is 7.62. The van der Waals surface area contributed by atoms with E-state index in [1.54, 1.807) is 7.11 Å². The van der Waals surface area contributed by atoms with Crippen molar-refractivity contribution < 1.29 is 9.47 Å². The smallest absolute Gasteiger partial charge is 0.118 e. The van der Waals surface area contributed by atoms with E-state index in [0.29, 0.717) is 6.04 Å². The lowest BCUT2D eigenvalue weighted by Crippen LogP contribution is -2.51. The van der Waals surface area contributed by atoms with Crippen LogP contribution < -0.4 is 10.1 Å². The lowest BCUT2D eigenvalue weighted by molar-refractivity contribution is -0.0886. The average molecular weight is 277 g/mol. The molecule has 112 valence electrons.